The van der Waals surface area contributed by atoms with Crippen LogP contribution < -0.4 is 10.9 Å². The molecule has 1 heterocycles. The summed E-state index contributed by atoms with van der Waals surface area (Å²) < 4.78 is 1.52. The maximum atomic E-state index is 12.4. The first kappa shape index (κ1) is 14.1. The second-order valence-corrected chi connectivity index (χ2v) is 5.27. The van der Waals surface area contributed by atoms with Gasteiger partial charge < -0.3 is 9.88 Å². The fraction of sp³-hybridized carbons (Fsp3) is 0.111. The van der Waals surface area contributed by atoms with Crippen molar-refractivity contribution in [3.05, 3.63) is 76.2 Å². The molecule has 1 N–H and O–H groups in total. The fourth-order valence-corrected chi connectivity index (χ4v) is 2.50. The lowest BCUT2D eigenvalue weighted by atomic mass is 10.1. The third kappa shape index (κ3) is 2.39. The summed E-state index contributed by atoms with van der Waals surface area (Å²) >= 11 is 0. The SMILES string of the molecule is Cc1ccccc1C(=O)Nc1cccc2c(=O)n(C)ccc12. The van der Waals surface area contributed by atoms with Gasteiger partial charge in [0.25, 0.3) is 11.5 Å². The molecule has 3 aromatic rings. The number of aromatic nitrogens is 1. The Hall–Kier alpha value is -2.88. The first-order valence-corrected chi connectivity index (χ1v) is 7.03. The molecule has 110 valence electrons. The highest BCUT2D eigenvalue weighted by Crippen LogP contribution is 2.21. The highest BCUT2D eigenvalue weighted by molar-refractivity contribution is 6.09. The van der Waals surface area contributed by atoms with Gasteiger partial charge in [0.1, 0.15) is 0 Å². The van der Waals surface area contributed by atoms with Crippen LogP contribution in [-0.4, -0.2) is 10.5 Å². The van der Waals surface area contributed by atoms with Crippen molar-refractivity contribution in [3.8, 4) is 0 Å². The van der Waals surface area contributed by atoms with Gasteiger partial charge in [0.15, 0.2) is 0 Å². The Morgan fingerprint density at radius 1 is 1.00 bits per heavy atom. The number of carbonyl (C=O) groups is 1. The summed E-state index contributed by atoms with van der Waals surface area (Å²) in [5.74, 6) is -0.175. The van der Waals surface area contributed by atoms with Crippen LogP contribution in [-0.2, 0) is 7.05 Å². The molecule has 4 nitrogen and oxygen atoms in total. The van der Waals surface area contributed by atoms with Crippen molar-refractivity contribution >= 4 is 22.4 Å². The predicted octanol–water partition coefficient (Wildman–Crippen LogP) is 3.10. The van der Waals surface area contributed by atoms with Gasteiger partial charge in [-0.3, -0.25) is 9.59 Å². The zero-order valence-corrected chi connectivity index (χ0v) is 12.5. The molecule has 0 fully saturated rings. The van der Waals surface area contributed by atoms with Gasteiger partial charge in [-0.05, 0) is 36.8 Å². The standard InChI is InChI=1S/C18H16N2O2/c1-12-6-3-4-7-13(12)17(21)19-16-9-5-8-15-14(16)10-11-20(2)18(15)22/h3-11H,1-2H3,(H,19,21). The second-order valence-electron chi connectivity index (χ2n) is 5.27. The van der Waals surface area contributed by atoms with Gasteiger partial charge >= 0.3 is 0 Å². The number of anilines is 1. The molecule has 1 amide bonds. The average Bonchev–Trinajstić information content (AvgIpc) is 2.52. The molecule has 0 atom stereocenters. The molecule has 2 aromatic carbocycles. The topological polar surface area (TPSA) is 51.1 Å². The Bertz CT molecular complexity index is 926. The molecule has 0 saturated carbocycles. The summed E-state index contributed by atoms with van der Waals surface area (Å²) in [7, 11) is 1.71. The molecule has 22 heavy (non-hydrogen) atoms. The Kier molecular flexibility index (Phi) is 3.51. The summed E-state index contributed by atoms with van der Waals surface area (Å²) in [6.45, 7) is 1.90. The number of hydrogen-bond acceptors (Lipinski definition) is 2. The van der Waals surface area contributed by atoms with Crippen molar-refractivity contribution in [2.45, 2.75) is 6.92 Å². The van der Waals surface area contributed by atoms with Crippen molar-refractivity contribution in [2.24, 2.45) is 7.05 Å². The van der Waals surface area contributed by atoms with E-state index in [0.717, 1.165) is 10.9 Å². The van der Waals surface area contributed by atoms with Crippen molar-refractivity contribution < 1.29 is 4.79 Å². The van der Waals surface area contributed by atoms with Crippen LogP contribution in [0.3, 0.4) is 0 Å². The van der Waals surface area contributed by atoms with Gasteiger partial charge in [-0.2, -0.15) is 0 Å². The van der Waals surface area contributed by atoms with Crippen LogP contribution in [0.15, 0.2) is 59.5 Å². The quantitative estimate of drug-likeness (QED) is 0.789. The molecule has 0 saturated heterocycles. The summed E-state index contributed by atoms with van der Waals surface area (Å²) in [6.07, 6.45) is 1.70. The first-order chi connectivity index (χ1) is 10.6. The Morgan fingerprint density at radius 2 is 1.77 bits per heavy atom. The highest BCUT2D eigenvalue weighted by atomic mass is 16.1. The first-order valence-electron chi connectivity index (χ1n) is 7.03. The van der Waals surface area contributed by atoms with Crippen LogP contribution in [0.2, 0.25) is 0 Å². The lowest BCUT2D eigenvalue weighted by Gasteiger charge is -2.10. The third-order valence-electron chi connectivity index (χ3n) is 3.76. The number of nitrogens with zero attached hydrogens (tertiary/aromatic N) is 1. The molecule has 0 aliphatic rings. The number of benzene rings is 2. The molecular weight excluding hydrogens is 276 g/mol. The van der Waals surface area contributed by atoms with E-state index in [2.05, 4.69) is 5.32 Å². The summed E-state index contributed by atoms with van der Waals surface area (Å²) in [4.78, 5) is 24.6. The number of carbonyl (C=O) groups excluding carboxylic acids is 1. The van der Waals surface area contributed by atoms with Gasteiger partial charge in [-0.25, -0.2) is 0 Å². The molecule has 0 spiro atoms. The van der Waals surface area contributed by atoms with Crippen LogP contribution in [0.4, 0.5) is 5.69 Å². The van der Waals surface area contributed by atoms with Crippen molar-refractivity contribution in [1.29, 1.82) is 0 Å². The minimum Gasteiger partial charge on any atom is -0.321 e. The van der Waals surface area contributed by atoms with E-state index in [1.807, 2.05) is 31.2 Å². The van der Waals surface area contributed by atoms with E-state index in [0.29, 0.717) is 16.6 Å². The zero-order chi connectivity index (χ0) is 15.7. The van der Waals surface area contributed by atoms with E-state index in [9.17, 15) is 9.59 Å². The summed E-state index contributed by atoms with van der Waals surface area (Å²) in [6, 6.07) is 14.6. The number of hydrogen-bond donors (Lipinski definition) is 1. The molecular formula is C18H16N2O2. The van der Waals surface area contributed by atoms with E-state index in [1.165, 1.54) is 4.57 Å². The van der Waals surface area contributed by atoms with Gasteiger partial charge in [0, 0.05) is 35.3 Å². The van der Waals surface area contributed by atoms with Crippen LogP contribution in [0.25, 0.3) is 10.8 Å². The number of rotatable bonds is 2. The smallest absolute Gasteiger partial charge is 0.258 e. The zero-order valence-electron chi connectivity index (χ0n) is 12.5. The van der Waals surface area contributed by atoms with E-state index >= 15 is 0 Å². The molecule has 4 heteroatoms. The van der Waals surface area contributed by atoms with Crippen molar-refractivity contribution in [3.63, 3.8) is 0 Å². The fourth-order valence-electron chi connectivity index (χ4n) is 2.50. The third-order valence-corrected chi connectivity index (χ3v) is 3.76. The number of nitrogens with one attached hydrogen (secondary N) is 1. The Balaban J connectivity index is 2.05. The maximum absolute atomic E-state index is 12.4. The number of amides is 1. The maximum Gasteiger partial charge on any atom is 0.258 e. The molecule has 0 aliphatic carbocycles. The average molecular weight is 292 g/mol. The van der Waals surface area contributed by atoms with E-state index < -0.39 is 0 Å². The van der Waals surface area contributed by atoms with Gasteiger partial charge in [0.2, 0.25) is 0 Å². The molecule has 3 rings (SSSR count). The van der Waals surface area contributed by atoms with Crippen LogP contribution >= 0.6 is 0 Å². The Morgan fingerprint density at radius 3 is 2.55 bits per heavy atom. The Labute approximate surface area is 128 Å². The number of fused-ring (bicyclic) bond motifs is 1. The number of aryl methyl sites for hydroxylation is 2. The van der Waals surface area contributed by atoms with E-state index in [4.69, 9.17) is 0 Å². The lowest BCUT2D eigenvalue weighted by Crippen LogP contribution is -2.17. The van der Waals surface area contributed by atoms with E-state index in [-0.39, 0.29) is 11.5 Å². The minimum atomic E-state index is -0.175. The van der Waals surface area contributed by atoms with Gasteiger partial charge in [0.05, 0.1) is 0 Å². The summed E-state index contributed by atoms with van der Waals surface area (Å²) in [5, 5.41) is 4.24. The molecule has 0 radical (unpaired) electrons. The molecule has 0 bridgehead atoms. The van der Waals surface area contributed by atoms with Crippen LogP contribution in [0.5, 0.6) is 0 Å². The van der Waals surface area contributed by atoms with Crippen LogP contribution in [0, 0.1) is 6.92 Å². The summed E-state index contributed by atoms with van der Waals surface area (Å²) in [5.41, 5.74) is 2.10. The molecule has 0 aliphatic heterocycles. The predicted molar refractivity (Wildman–Crippen MR) is 88.3 cm³/mol. The van der Waals surface area contributed by atoms with Gasteiger partial charge in [-0.15, -0.1) is 0 Å². The van der Waals surface area contributed by atoms with Crippen LogP contribution in [0.1, 0.15) is 15.9 Å². The van der Waals surface area contributed by atoms with Crippen molar-refractivity contribution in [1.82, 2.24) is 4.57 Å². The monoisotopic (exact) mass is 292 g/mol. The van der Waals surface area contributed by atoms with Gasteiger partial charge in [-0.1, -0.05) is 24.3 Å². The molecule has 1 aromatic heterocycles. The minimum absolute atomic E-state index is 0.0792. The normalized spacial score (nSPS) is 10.6. The molecule has 0 unspecified atom stereocenters. The second kappa shape index (κ2) is 5.48. The lowest BCUT2D eigenvalue weighted by molar-refractivity contribution is 0.102. The van der Waals surface area contributed by atoms with E-state index in [1.54, 1.807) is 37.5 Å². The largest absolute Gasteiger partial charge is 0.321 e. The highest BCUT2D eigenvalue weighted by Gasteiger charge is 2.11. The number of pyridine rings is 1. The van der Waals surface area contributed by atoms with Crippen molar-refractivity contribution in [2.75, 3.05) is 5.32 Å².